The van der Waals surface area contributed by atoms with E-state index in [-0.39, 0.29) is 47.7 Å². The molecule has 4 aromatic rings. The summed E-state index contributed by atoms with van der Waals surface area (Å²) in [6.45, 7) is 19.5. The highest BCUT2D eigenvalue weighted by Gasteiger charge is 2.35. The number of nitrogens with one attached hydrogen (secondary N) is 1. The molecule has 0 amide bonds. The lowest BCUT2D eigenvalue weighted by Gasteiger charge is -2.21. The number of nitrogen functional groups attached to an aromatic ring is 1. The van der Waals surface area contributed by atoms with Crippen LogP contribution in [0.1, 0.15) is 176 Å². The molecule has 79 heavy (non-hydrogen) atoms. The van der Waals surface area contributed by atoms with Crippen LogP contribution >= 0.6 is 0 Å². The van der Waals surface area contributed by atoms with Crippen LogP contribution in [0, 0.1) is 5.92 Å². The maximum absolute atomic E-state index is 12.6. The molecule has 5 rings (SSSR count). The maximum Gasteiger partial charge on any atom is 0.425 e. The van der Waals surface area contributed by atoms with Gasteiger partial charge in [0, 0.05) is 42.7 Å². The molecule has 24 nitrogen and oxygen atoms in total. The van der Waals surface area contributed by atoms with Gasteiger partial charge >= 0.3 is 42.4 Å². The highest BCUT2D eigenvalue weighted by Crippen LogP contribution is 2.47. The molecular formula is C51H69N5O19S4. The Labute approximate surface area is 466 Å². The van der Waals surface area contributed by atoms with Gasteiger partial charge in [-0.1, -0.05) is 68.9 Å². The standard InChI is InChI=1S/C25H30N2O3.C20H25N3O3.C5H10O.CH4.4O3S/c1-7-9-21(28)19-12-17(13-20(27-19)22(29)10-8-2)16-11-18-24(23(14-16)30-6)26-15(3)25(18,4)5;1-4-6-18(24)16-10-14(11-17(22-16)19(25)7-5-2)13-8-9-15(23-21)20(12-13)26-3;1-4(2)5(3)6;;4*1-4(2)3/h11-14H,7-10H2,1-6H3;8-12,23H,4-7,21H2,1-3H3;4H,1-3H3;1H4;;;;. The molecule has 0 bridgehead atoms. The summed E-state index contributed by atoms with van der Waals surface area (Å²) in [5.41, 5.74) is 10.6. The van der Waals surface area contributed by atoms with E-state index in [1.54, 1.807) is 51.5 Å². The third kappa shape index (κ3) is 28.7. The molecule has 436 valence electrons. The number of hydrogen-bond acceptors (Lipinski definition) is 24. The molecule has 2 aromatic heterocycles. The first kappa shape index (κ1) is 75.8. The highest BCUT2D eigenvalue weighted by atomic mass is 32.2. The zero-order valence-corrected chi connectivity index (χ0v) is 48.5. The van der Waals surface area contributed by atoms with Gasteiger partial charge in [-0.2, -0.15) is 0 Å². The van der Waals surface area contributed by atoms with Gasteiger partial charge in [-0.3, -0.25) is 34.8 Å². The summed E-state index contributed by atoms with van der Waals surface area (Å²) in [5, 5.41) is 0. The molecule has 0 saturated heterocycles. The van der Waals surface area contributed by atoms with Gasteiger partial charge in [0.2, 0.25) is 0 Å². The number of Topliss-reactive ketones (excluding diaryl/α,β-unsaturated/α-hetero) is 5. The Balaban J connectivity index is -0.00000106. The van der Waals surface area contributed by atoms with Crippen LogP contribution in [0.25, 0.3) is 22.3 Å². The van der Waals surface area contributed by atoms with Crippen molar-refractivity contribution in [1.29, 1.82) is 0 Å². The molecule has 1 aliphatic rings. The van der Waals surface area contributed by atoms with Gasteiger partial charge in [-0.15, -0.1) is 50.5 Å². The van der Waals surface area contributed by atoms with Gasteiger partial charge < -0.3 is 14.9 Å². The van der Waals surface area contributed by atoms with Gasteiger partial charge in [0.15, 0.2) is 23.1 Å². The Morgan fingerprint density at radius 3 is 1.11 bits per heavy atom. The number of carbonyl (C=O) groups excluding carboxylic acids is 5. The van der Waals surface area contributed by atoms with Gasteiger partial charge in [0.25, 0.3) is 0 Å². The normalized spacial score (nSPS) is 10.8. The van der Waals surface area contributed by atoms with E-state index in [9.17, 15) is 24.0 Å². The molecule has 0 spiro atoms. The fourth-order valence-corrected chi connectivity index (χ4v) is 6.40. The van der Waals surface area contributed by atoms with Crippen molar-refractivity contribution in [1.82, 2.24) is 9.97 Å². The molecule has 0 radical (unpaired) electrons. The Morgan fingerprint density at radius 1 is 0.544 bits per heavy atom. The van der Waals surface area contributed by atoms with Crippen molar-refractivity contribution in [2.75, 3.05) is 19.6 Å². The van der Waals surface area contributed by atoms with Crippen LogP contribution in [0.5, 0.6) is 11.5 Å². The minimum absolute atomic E-state index is 0. The second kappa shape index (κ2) is 39.0. The summed E-state index contributed by atoms with van der Waals surface area (Å²) in [6, 6.07) is 16.5. The lowest BCUT2D eigenvalue weighted by Crippen LogP contribution is -2.22. The molecule has 1 aliphatic heterocycles. The first-order valence-corrected chi connectivity index (χ1v) is 27.5. The third-order valence-corrected chi connectivity index (χ3v) is 10.7. The number of ketones is 5. The van der Waals surface area contributed by atoms with Crippen molar-refractivity contribution < 1.29 is 84.0 Å². The monoisotopic (exact) mass is 1180 g/mol. The van der Waals surface area contributed by atoms with Crippen LogP contribution in [0.15, 0.2) is 59.6 Å². The number of carbonyl (C=O) groups is 5. The predicted octanol–water partition coefficient (Wildman–Crippen LogP) is 7.97. The van der Waals surface area contributed by atoms with Crippen molar-refractivity contribution in [2.24, 2.45) is 16.8 Å². The number of aromatic nitrogens is 2. The number of fused-ring (bicyclic) bond motifs is 1. The summed E-state index contributed by atoms with van der Waals surface area (Å²) in [7, 11) is -9.26. The van der Waals surface area contributed by atoms with E-state index in [1.807, 2.05) is 66.7 Å². The molecule has 3 heterocycles. The second-order valence-corrected chi connectivity index (χ2v) is 18.6. The number of rotatable bonds is 18. The zero-order valence-electron chi connectivity index (χ0n) is 45.2. The number of hydrazine groups is 1. The van der Waals surface area contributed by atoms with E-state index < -0.39 is 42.4 Å². The fraction of sp³-hybridized carbons (Fsp3) is 0.451. The number of aliphatic imine (C=N–C) groups is 1. The number of anilines is 1. The highest BCUT2D eigenvalue weighted by molar-refractivity contribution is 7.59. The van der Waals surface area contributed by atoms with Crippen molar-refractivity contribution in [3.8, 4) is 33.8 Å². The van der Waals surface area contributed by atoms with E-state index in [0.29, 0.717) is 65.6 Å². The number of methoxy groups -OCH3 is 2. The van der Waals surface area contributed by atoms with E-state index in [1.165, 1.54) is 0 Å². The maximum atomic E-state index is 12.6. The molecule has 2 aromatic carbocycles. The Hall–Kier alpha value is -7.40. The second-order valence-electron chi connectivity index (χ2n) is 17.0. The Bertz CT molecular complexity index is 3040. The minimum atomic E-state index is -3.11. The van der Waals surface area contributed by atoms with Gasteiger partial charge in [0.05, 0.1) is 19.9 Å². The lowest BCUT2D eigenvalue weighted by atomic mass is 9.81. The first-order valence-electron chi connectivity index (χ1n) is 23.5. The fourth-order valence-electron chi connectivity index (χ4n) is 6.40. The topological polar surface area (TPSA) is 385 Å². The van der Waals surface area contributed by atoms with E-state index in [0.717, 1.165) is 64.9 Å². The number of benzene rings is 2. The van der Waals surface area contributed by atoms with Gasteiger partial charge in [-0.05, 0) is 116 Å². The van der Waals surface area contributed by atoms with Crippen molar-refractivity contribution in [2.45, 2.75) is 133 Å². The van der Waals surface area contributed by atoms with Crippen LogP contribution in [0.4, 0.5) is 11.4 Å². The van der Waals surface area contributed by atoms with Crippen LogP contribution < -0.4 is 20.7 Å². The predicted molar refractivity (Wildman–Crippen MR) is 294 cm³/mol. The van der Waals surface area contributed by atoms with Crippen molar-refractivity contribution >= 4 is 88.4 Å². The number of hydrogen-bond donors (Lipinski definition) is 2. The van der Waals surface area contributed by atoms with Crippen molar-refractivity contribution in [3.05, 3.63) is 82.9 Å². The van der Waals surface area contributed by atoms with Gasteiger partial charge in [0.1, 0.15) is 45.7 Å². The molecular weight excluding hydrogens is 1110 g/mol. The minimum Gasteiger partial charge on any atom is -0.495 e. The zero-order chi connectivity index (χ0) is 60.6. The van der Waals surface area contributed by atoms with Crippen LogP contribution in [0.2, 0.25) is 0 Å². The van der Waals surface area contributed by atoms with Crippen LogP contribution in [0.3, 0.4) is 0 Å². The third-order valence-electron chi connectivity index (χ3n) is 10.7. The summed E-state index contributed by atoms with van der Waals surface area (Å²) in [5.74, 6) is 7.00. The molecule has 0 aliphatic carbocycles. The van der Waals surface area contributed by atoms with Crippen LogP contribution in [-0.4, -0.2) is 109 Å². The summed E-state index contributed by atoms with van der Waals surface area (Å²) < 4.78 is 112. The number of ether oxygens (including phenoxy) is 2. The van der Waals surface area contributed by atoms with Gasteiger partial charge in [-0.25, -0.2) is 9.97 Å². The number of pyridine rings is 2. The quantitative estimate of drug-likeness (QED) is 0.0541. The summed E-state index contributed by atoms with van der Waals surface area (Å²) in [4.78, 5) is 73.5. The average Bonchev–Trinajstić information content (AvgIpc) is 3.59. The Kier molecular flexibility index (Phi) is 37.5. The first-order chi connectivity index (χ1) is 36.3. The largest absolute Gasteiger partial charge is 0.495 e. The molecule has 0 saturated carbocycles. The molecule has 0 atom stereocenters. The number of nitrogens with zero attached hydrogens (tertiary/aromatic N) is 3. The summed E-state index contributed by atoms with van der Waals surface area (Å²) in [6.07, 6.45) is 4.55. The van der Waals surface area contributed by atoms with E-state index in [2.05, 4.69) is 35.3 Å². The molecule has 3 N–H and O–H groups in total. The molecule has 28 heteroatoms. The average molecular weight is 1180 g/mol. The van der Waals surface area contributed by atoms with Crippen LogP contribution in [-0.2, 0) is 52.6 Å². The summed E-state index contributed by atoms with van der Waals surface area (Å²) >= 11 is 0. The SMILES string of the molecule is C.CC(=O)C(C)C.CCCC(=O)c1cc(-c2cc(OC)c3c(c2)C(C)(C)C(C)=N3)cc(C(=O)CCC)n1.CCCC(=O)c1cc(-c2ccc(NN)c(OC)c2)cc(C(=O)CCC)n1.O=S(=O)=O.O=S(=O)=O.O=S(=O)=O.O=S(=O)=O. The Morgan fingerprint density at radius 2 is 0.835 bits per heavy atom. The smallest absolute Gasteiger partial charge is 0.425 e. The molecule has 0 fully saturated rings. The molecule has 0 unspecified atom stereocenters. The lowest BCUT2D eigenvalue weighted by molar-refractivity contribution is -0.119. The van der Waals surface area contributed by atoms with Crippen molar-refractivity contribution in [3.63, 3.8) is 0 Å². The van der Waals surface area contributed by atoms with E-state index in [4.69, 9.17) is 70.8 Å². The van der Waals surface area contributed by atoms with E-state index >= 15 is 0 Å². The number of nitrogens with two attached hydrogens (primary N) is 1.